The van der Waals surface area contributed by atoms with Crippen LogP contribution in [0.2, 0.25) is 0 Å². The van der Waals surface area contributed by atoms with Gasteiger partial charge in [0.2, 0.25) is 5.91 Å². The van der Waals surface area contributed by atoms with Crippen LogP contribution >= 0.6 is 15.9 Å². The van der Waals surface area contributed by atoms with Gasteiger partial charge in [-0.1, -0.05) is 34.1 Å². The van der Waals surface area contributed by atoms with Crippen molar-refractivity contribution in [1.29, 1.82) is 0 Å². The summed E-state index contributed by atoms with van der Waals surface area (Å²) in [6.07, 6.45) is 4.93. The van der Waals surface area contributed by atoms with Crippen LogP contribution in [0, 0.1) is 10.1 Å². The van der Waals surface area contributed by atoms with Crippen LogP contribution in [0.1, 0.15) is 5.56 Å². The third-order valence-electron chi connectivity index (χ3n) is 4.64. The number of halogens is 1. The van der Waals surface area contributed by atoms with Crippen LogP contribution in [-0.4, -0.2) is 20.6 Å². The van der Waals surface area contributed by atoms with E-state index in [-0.39, 0.29) is 11.6 Å². The molecule has 0 bridgehead atoms. The Morgan fingerprint density at radius 2 is 1.69 bits per heavy atom. The van der Waals surface area contributed by atoms with Crippen molar-refractivity contribution in [3.8, 4) is 16.9 Å². The average Bonchev–Trinajstić information content (AvgIpc) is 3.24. The number of anilines is 1. The Kier molecular flexibility index (Phi) is 6.23. The molecule has 7 nitrogen and oxygen atoms in total. The molecule has 0 aliphatic rings. The Balaban J connectivity index is 1.65. The molecular formula is C24H17BrN4O3. The van der Waals surface area contributed by atoms with Gasteiger partial charge in [0.15, 0.2) is 0 Å². The molecule has 0 aliphatic carbocycles. The first-order valence-electron chi connectivity index (χ1n) is 9.64. The molecule has 0 spiro atoms. The summed E-state index contributed by atoms with van der Waals surface area (Å²) in [4.78, 5) is 22.9. The predicted molar refractivity (Wildman–Crippen MR) is 127 cm³/mol. The van der Waals surface area contributed by atoms with Gasteiger partial charge in [-0.25, -0.2) is 4.68 Å². The Labute approximate surface area is 192 Å². The number of aromatic nitrogens is 2. The van der Waals surface area contributed by atoms with Crippen LogP contribution in [0.15, 0.2) is 95.6 Å². The lowest BCUT2D eigenvalue weighted by molar-refractivity contribution is -0.384. The lowest BCUT2D eigenvalue weighted by Crippen LogP contribution is -2.07. The zero-order chi connectivity index (χ0) is 22.5. The molecule has 3 aromatic carbocycles. The number of para-hydroxylation sites is 1. The largest absolute Gasteiger partial charge is 0.323 e. The van der Waals surface area contributed by atoms with Crippen molar-refractivity contribution in [2.45, 2.75) is 0 Å². The summed E-state index contributed by atoms with van der Waals surface area (Å²) in [5.74, 6) is -0.283. The zero-order valence-electron chi connectivity index (χ0n) is 16.7. The smallest absolute Gasteiger partial charge is 0.269 e. The number of hydrogen-bond acceptors (Lipinski definition) is 4. The molecule has 4 aromatic rings. The molecular weight excluding hydrogens is 472 g/mol. The predicted octanol–water partition coefficient (Wildman–Crippen LogP) is 5.86. The van der Waals surface area contributed by atoms with Crippen molar-refractivity contribution in [2.24, 2.45) is 0 Å². The lowest BCUT2D eigenvalue weighted by atomic mass is 10.1. The summed E-state index contributed by atoms with van der Waals surface area (Å²) in [6, 6.07) is 23.0. The molecule has 1 aromatic heterocycles. The second kappa shape index (κ2) is 9.40. The number of nitrogens with one attached hydrogen (secondary N) is 1. The van der Waals surface area contributed by atoms with Crippen molar-refractivity contribution >= 4 is 39.3 Å². The first-order chi connectivity index (χ1) is 15.5. The minimum Gasteiger partial charge on any atom is -0.323 e. The molecule has 0 fully saturated rings. The minimum absolute atomic E-state index is 0.00205. The van der Waals surface area contributed by atoms with Gasteiger partial charge in [0, 0.05) is 45.7 Å². The first-order valence-corrected chi connectivity index (χ1v) is 10.4. The normalized spacial score (nSPS) is 10.9. The number of nitro benzene ring substituents is 1. The van der Waals surface area contributed by atoms with E-state index >= 15 is 0 Å². The van der Waals surface area contributed by atoms with E-state index in [9.17, 15) is 14.9 Å². The molecule has 4 rings (SSSR count). The van der Waals surface area contributed by atoms with E-state index in [1.807, 2.05) is 48.7 Å². The van der Waals surface area contributed by atoms with Gasteiger partial charge in [0.05, 0.1) is 16.3 Å². The van der Waals surface area contributed by atoms with Gasteiger partial charge in [-0.3, -0.25) is 14.9 Å². The first kappa shape index (κ1) is 21.2. The number of benzene rings is 3. The van der Waals surface area contributed by atoms with E-state index in [0.29, 0.717) is 22.5 Å². The van der Waals surface area contributed by atoms with Gasteiger partial charge >= 0.3 is 0 Å². The number of nitrogens with zero attached hydrogens (tertiary/aromatic N) is 3. The maximum atomic E-state index is 12.4. The highest BCUT2D eigenvalue weighted by Crippen LogP contribution is 2.27. The van der Waals surface area contributed by atoms with Crippen LogP contribution in [0.25, 0.3) is 23.0 Å². The summed E-state index contributed by atoms with van der Waals surface area (Å²) in [5.41, 5.74) is 3.55. The number of rotatable bonds is 6. The monoisotopic (exact) mass is 488 g/mol. The Hall–Kier alpha value is -4.04. The molecule has 32 heavy (non-hydrogen) atoms. The Bertz CT molecular complexity index is 1280. The van der Waals surface area contributed by atoms with Gasteiger partial charge in [-0.15, -0.1) is 0 Å². The third-order valence-corrected chi connectivity index (χ3v) is 5.17. The van der Waals surface area contributed by atoms with Crippen LogP contribution < -0.4 is 5.32 Å². The fourth-order valence-corrected chi connectivity index (χ4v) is 3.33. The zero-order valence-corrected chi connectivity index (χ0v) is 18.3. The second-order valence-corrected chi connectivity index (χ2v) is 7.76. The maximum Gasteiger partial charge on any atom is 0.269 e. The summed E-state index contributed by atoms with van der Waals surface area (Å²) < 4.78 is 2.63. The van der Waals surface area contributed by atoms with E-state index in [2.05, 4.69) is 26.3 Å². The highest BCUT2D eigenvalue weighted by molar-refractivity contribution is 9.10. The lowest BCUT2D eigenvalue weighted by Gasteiger charge is -2.02. The summed E-state index contributed by atoms with van der Waals surface area (Å²) >= 11 is 3.36. The fourth-order valence-electron chi connectivity index (χ4n) is 3.07. The number of nitro groups is 1. The standard InChI is InChI=1S/C24H17BrN4O3/c25-19-9-11-20(12-10-19)26-23(30)15-8-18-16-28(21-4-2-1-3-5-21)27-24(18)17-6-13-22(14-7-17)29(31)32/h1-16H,(H,26,30). The van der Waals surface area contributed by atoms with E-state index in [1.54, 1.807) is 35.0 Å². The highest BCUT2D eigenvalue weighted by Gasteiger charge is 2.13. The molecule has 0 radical (unpaired) electrons. The quantitative estimate of drug-likeness (QED) is 0.209. The fraction of sp³-hybridized carbons (Fsp3) is 0. The van der Waals surface area contributed by atoms with Crippen molar-refractivity contribution in [3.63, 3.8) is 0 Å². The minimum atomic E-state index is -0.445. The Morgan fingerprint density at radius 3 is 2.34 bits per heavy atom. The highest BCUT2D eigenvalue weighted by atomic mass is 79.9. The summed E-state index contributed by atoms with van der Waals surface area (Å²) in [7, 11) is 0. The molecule has 0 unspecified atom stereocenters. The summed E-state index contributed by atoms with van der Waals surface area (Å²) in [6.45, 7) is 0. The molecule has 0 saturated carbocycles. The van der Waals surface area contributed by atoms with Gasteiger partial charge in [-0.05, 0) is 54.6 Å². The van der Waals surface area contributed by atoms with E-state index in [0.717, 1.165) is 10.2 Å². The number of carbonyl (C=O) groups is 1. The number of hydrogen-bond donors (Lipinski definition) is 1. The van der Waals surface area contributed by atoms with E-state index < -0.39 is 4.92 Å². The van der Waals surface area contributed by atoms with Crippen LogP contribution in [0.4, 0.5) is 11.4 Å². The Morgan fingerprint density at radius 1 is 1.00 bits per heavy atom. The molecule has 158 valence electrons. The van der Waals surface area contributed by atoms with Crippen LogP contribution in [-0.2, 0) is 4.79 Å². The van der Waals surface area contributed by atoms with E-state index in [1.165, 1.54) is 18.2 Å². The molecule has 0 saturated heterocycles. The maximum absolute atomic E-state index is 12.4. The van der Waals surface area contributed by atoms with Crippen molar-refractivity contribution in [1.82, 2.24) is 9.78 Å². The van der Waals surface area contributed by atoms with Crippen LogP contribution in [0.3, 0.4) is 0 Å². The van der Waals surface area contributed by atoms with Crippen LogP contribution in [0.5, 0.6) is 0 Å². The SMILES string of the molecule is O=C(C=Cc1cn(-c2ccccc2)nc1-c1ccc([N+](=O)[O-])cc1)Nc1ccc(Br)cc1. The topological polar surface area (TPSA) is 90.1 Å². The van der Waals surface area contributed by atoms with Gasteiger partial charge in [0.1, 0.15) is 0 Å². The molecule has 0 atom stereocenters. The molecule has 1 heterocycles. The molecule has 1 amide bonds. The third kappa shape index (κ3) is 4.98. The average molecular weight is 489 g/mol. The van der Waals surface area contributed by atoms with Crippen molar-refractivity contribution in [2.75, 3.05) is 5.32 Å². The number of non-ortho nitro benzene ring substituents is 1. The van der Waals surface area contributed by atoms with E-state index in [4.69, 9.17) is 0 Å². The number of amides is 1. The van der Waals surface area contributed by atoms with Gasteiger partial charge < -0.3 is 5.32 Å². The molecule has 8 heteroatoms. The van der Waals surface area contributed by atoms with Crippen molar-refractivity contribution in [3.05, 3.63) is 111 Å². The molecule has 0 aliphatic heterocycles. The number of carbonyl (C=O) groups excluding carboxylic acids is 1. The summed E-state index contributed by atoms with van der Waals surface area (Å²) in [5, 5.41) is 18.4. The van der Waals surface area contributed by atoms with Gasteiger partial charge in [0.25, 0.3) is 5.69 Å². The molecule has 1 N–H and O–H groups in total. The second-order valence-electron chi connectivity index (χ2n) is 6.85. The van der Waals surface area contributed by atoms with Gasteiger partial charge in [-0.2, -0.15) is 5.10 Å². The van der Waals surface area contributed by atoms with Crippen molar-refractivity contribution < 1.29 is 9.72 Å².